The number of benzene rings is 2. The van der Waals surface area contributed by atoms with Crippen LogP contribution >= 0.6 is 0 Å². The van der Waals surface area contributed by atoms with Crippen LogP contribution in [-0.2, 0) is 4.79 Å². The number of anilines is 1. The number of hydrazone groups is 1. The van der Waals surface area contributed by atoms with Gasteiger partial charge in [-0.25, -0.2) is 0 Å². The predicted octanol–water partition coefficient (Wildman–Crippen LogP) is 2.21. The van der Waals surface area contributed by atoms with Crippen molar-refractivity contribution in [2.45, 2.75) is 6.92 Å². The average molecular weight is 403 g/mol. The predicted molar refractivity (Wildman–Crippen MR) is 103 cm³/mol. The molecule has 2 aromatic rings. The first-order valence-corrected chi connectivity index (χ1v) is 8.21. The minimum Gasteiger partial charge on any atom is -0.490 e. The van der Waals surface area contributed by atoms with Crippen molar-refractivity contribution in [3.05, 3.63) is 62.2 Å². The summed E-state index contributed by atoms with van der Waals surface area (Å²) in [6.07, 6.45) is 1.37. The number of hydrogen-bond donors (Lipinski definition) is 2. The zero-order chi connectivity index (χ0) is 21.4. The number of carbonyl (C=O) groups excluding carboxylic acids is 1. The quantitative estimate of drug-likeness (QED) is 0.345. The number of non-ortho nitro benzene ring substituents is 1. The molecule has 0 spiro atoms. The number of nitrogens with one attached hydrogen (secondary N) is 1. The molecule has 2 rings (SSSR count). The molecule has 3 N–H and O–H groups in total. The molecule has 0 aliphatic heterocycles. The minimum absolute atomic E-state index is 0.0108. The van der Waals surface area contributed by atoms with E-state index in [1.54, 1.807) is 25.1 Å². The third kappa shape index (κ3) is 5.89. The number of ether oxygens (including phenoxy) is 2. The highest BCUT2D eigenvalue weighted by Gasteiger charge is 2.19. The van der Waals surface area contributed by atoms with Crippen LogP contribution in [0.3, 0.4) is 0 Å². The third-order valence-electron chi connectivity index (χ3n) is 3.42. The van der Waals surface area contributed by atoms with Gasteiger partial charge < -0.3 is 15.2 Å². The molecule has 12 heteroatoms. The van der Waals surface area contributed by atoms with Crippen molar-refractivity contribution in [1.82, 2.24) is 0 Å². The molecule has 0 radical (unpaired) electrons. The second-order valence-electron chi connectivity index (χ2n) is 5.48. The average Bonchev–Trinajstić information content (AvgIpc) is 2.67. The van der Waals surface area contributed by atoms with Crippen LogP contribution in [0.4, 0.5) is 17.1 Å². The van der Waals surface area contributed by atoms with E-state index < -0.39 is 27.1 Å². The molecule has 1 amide bonds. The summed E-state index contributed by atoms with van der Waals surface area (Å²) in [5.41, 5.74) is 7.21. The van der Waals surface area contributed by atoms with Crippen molar-refractivity contribution < 1.29 is 24.1 Å². The number of rotatable bonds is 10. The van der Waals surface area contributed by atoms with Crippen LogP contribution in [0.25, 0.3) is 0 Å². The van der Waals surface area contributed by atoms with Crippen molar-refractivity contribution in [1.29, 1.82) is 0 Å². The molecule has 0 saturated carbocycles. The van der Waals surface area contributed by atoms with Crippen LogP contribution in [0.2, 0.25) is 0 Å². The Bertz CT molecular complexity index is 961. The highest BCUT2D eigenvalue weighted by atomic mass is 16.6. The molecule has 0 aliphatic carbocycles. The number of nitro benzene ring substituents is 2. The van der Waals surface area contributed by atoms with E-state index in [2.05, 4.69) is 10.5 Å². The number of carbonyl (C=O) groups is 1. The normalized spacial score (nSPS) is 10.5. The van der Waals surface area contributed by atoms with Gasteiger partial charge in [0.2, 0.25) is 0 Å². The minimum atomic E-state index is -0.747. The molecule has 0 fully saturated rings. The van der Waals surface area contributed by atoms with Crippen molar-refractivity contribution in [3.8, 4) is 11.5 Å². The molecule has 12 nitrogen and oxygen atoms in total. The van der Waals surface area contributed by atoms with Crippen LogP contribution in [-0.4, -0.2) is 35.2 Å². The largest absolute Gasteiger partial charge is 0.490 e. The van der Waals surface area contributed by atoms with E-state index in [-0.39, 0.29) is 12.3 Å². The summed E-state index contributed by atoms with van der Waals surface area (Å²) < 4.78 is 10.7. The molecule has 152 valence electrons. The van der Waals surface area contributed by atoms with E-state index in [0.717, 1.165) is 12.1 Å². The van der Waals surface area contributed by atoms with E-state index in [1.165, 1.54) is 12.3 Å². The summed E-state index contributed by atoms with van der Waals surface area (Å²) in [5.74, 6) is 0.0489. The first-order chi connectivity index (χ1) is 13.8. The number of amides is 1. The maximum atomic E-state index is 11.1. The Morgan fingerprint density at radius 3 is 2.52 bits per heavy atom. The fraction of sp³-hybridized carbons (Fsp3) is 0.176. The Morgan fingerprint density at radius 1 is 1.14 bits per heavy atom. The molecule has 0 atom stereocenters. The van der Waals surface area contributed by atoms with Gasteiger partial charge >= 0.3 is 5.69 Å². The Kier molecular flexibility index (Phi) is 7.01. The first-order valence-electron chi connectivity index (χ1n) is 8.21. The molecule has 0 aliphatic rings. The van der Waals surface area contributed by atoms with Crippen LogP contribution < -0.4 is 20.6 Å². The molecule has 0 heterocycles. The van der Waals surface area contributed by atoms with Gasteiger partial charge in [-0.3, -0.25) is 30.4 Å². The zero-order valence-corrected chi connectivity index (χ0v) is 15.2. The lowest BCUT2D eigenvalue weighted by Gasteiger charge is -2.11. The van der Waals surface area contributed by atoms with E-state index in [4.69, 9.17) is 15.2 Å². The smallest absolute Gasteiger partial charge is 0.301 e. The van der Waals surface area contributed by atoms with Gasteiger partial charge in [-0.15, -0.1) is 0 Å². The van der Waals surface area contributed by atoms with Crippen molar-refractivity contribution in [3.63, 3.8) is 0 Å². The SMILES string of the molecule is CCOc1cc(/C=N/Nc2ccc([N+](=O)[O-])cc2[N+](=O)[O-])ccc1OCC(N)=O. The summed E-state index contributed by atoms with van der Waals surface area (Å²) in [6.45, 7) is 1.81. The maximum absolute atomic E-state index is 11.1. The standard InChI is InChI=1S/C17H17N5O7/c1-2-28-16-7-11(3-6-15(16)29-10-17(18)23)9-19-20-13-5-4-12(21(24)25)8-14(13)22(26)27/h3-9,20H,2,10H2,1H3,(H2,18,23)/b19-9+. The molecule has 0 unspecified atom stereocenters. The van der Waals surface area contributed by atoms with Crippen LogP contribution in [0.5, 0.6) is 11.5 Å². The van der Waals surface area contributed by atoms with Crippen molar-refractivity contribution in [2.24, 2.45) is 10.8 Å². The monoisotopic (exact) mass is 403 g/mol. The van der Waals surface area contributed by atoms with Gasteiger partial charge in [0.05, 0.1) is 28.7 Å². The lowest BCUT2D eigenvalue weighted by molar-refractivity contribution is -0.393. The first kappa shape index (κ1) is 21.1. The van der Waals surface area contributed by atoms with E-state index >= 15 is 0 Å². The highest BCUT2D eigenvalue weighted by Crippen LogP contribution is 2.30. The molecular formula is C17H17N5O7. The Morgan fingerprint density at radius 2 is 1.90 bits per heavy atom. The van der Waals surface area contributed by atoms with Crippen molar-refractivity contribution in [2.75, 3.05) is 18.6 Å². The fourth-order valence-electron chi connectivity index (χ4n) is 2.20. The summed E-state index contributed by atoms with van der Waals surface area (Å²) in [5, 5.41) is 25.8. The third-order valence-corrected chi connectivity index (χ3v) is 3.42. The molecular weight excluding hydrogens is 386 g/mol. The number of primary amides is 1. The van der Waals surface area contributed by atoms with Gasteiger partial charge in [-0.2, -0.15) is 5.10 Å². The van der Waals surface area contributed by atoms with Gasteiger partial charge in [-0.1, -0.05) is 0 Å². The van der Waals surface area contributed by atoms with Gasteiger partial charge in [0.1, 0.15) is 5.69 Å². The number of hydrogen-bond acceptors (Lipinski definition) is 9. The second-order valence-corrected chi connectivity index (χ2v) is 5.48. The van der Waals surface area contributed by atoms with E-state index in [1.807, 2.05) is 0 Å². The van der Waals surface area contributed by atoms with Crippen molar-refractivity contribution >= 4 is 29.2 Å². The molecule has 0 saturated heterocycles. The topological polar surface area (TPSA) is 172 Å². The maximum Gasteiger partial charge on any atom is 0.301 e. The van der Waals surface area contributed by atoms with E-state index in [0.29, 0.717) is 23.7 Å². The van der Waals surface area contributed by atoms with Gasteiger partial charge in [0.15, 0.2) is 18.1 Å². The van der Waals surface area contributed by atoms with Crippen LogP contribution in [0, 0.1) is 20.2 Å². The summed E-state index contributed by atoms with van der Waals surface area (Å²) >= 11 is 0. The molecule has 0 aromatic heterocycles. The van der Waals surface area contributed by atoms with Crippen LogP contribution in [0.15, 0.2) is 41.5 Å². The molecule has 2 aromatic carbocycles. The summed E-state index contributed by atoms with van der Waals surface area (Å²) in [7, 11) is 0. The summed E-state index contributed by atoms with van der Waals surface area (Å²) in [4.78, 5) is 31.3. The number of nitro groups is 2. The summed E-state index contributed by atoms with van der Waals surface area (Å²) in [6, 6.07) is 7.94. The Labute approximate surface area is 164 Å². The number of nitrogens with zero attached hydrogens (tertiary/aromatic N) is 3. The molecule has 29 heavy (non-hydrogen) atoms. The number of nitrogens with two attached hydrogens (primary N) is 1. The lowest BCUT2D eigenvalue weighted by atomic mass is 10.2. The Hall–Kier alpha value is -4.22. The zero-order valence-electron chi connectivity index (χ0n) is 15.2. The second kappa shape index (κ2) is 9.64. The van der Waals surface area contributed by atoms with Crippen LogP contribution in [0.1, 0.15) is 12.5 Å². The van der Waals surface area contributed by atoms with Gasteiger partial charge in [0, 0.05) is 6.07 Å². The lowest BCUT2D eigenvalue weighted by Crippen LogP contribution is -2.20. The highest BCUT2D eigenvalue weighted by molar-refractivity contribution is 5.82. The fourth-order valence-corrected chi connectivity index (χ4v) is 2.20. The van der Waals surface area contributed by atoms with E-state index in [9.17, 15) is 25.0 Å². The Balaban J connectivity index is 2.19. The van der Waals surface area contributed by atoms with Gasteiger partial charge in [0.25, 0.3) is 11.6 Å². The molecule has 0 bridgehead atoms. The van der Waals surface area contributed by atoms with Gasteiger partial charge in [-0.05, 0) is 36.8 Å².